The van der Waals surface area contributed by atoms with Crippen LogP contribution in [0.1, 0.15) is 5.89 Å². The van der Waals surface area contributed by atoms with Crippen molar-refractivity contribution in [2.75, 3.05) is 0 Å². The zero-order valence-corrected chi connectivity index (χ0v) is 14.4. The van der Waals surface area contributed by atoms with Gasteiger partial charge in [0.05, 0.1) is 11.4 Å². The zero-order chi connectivity index (χ0) is 17.2. The van der Waals surface area contributed by atoms with Crippen LogP contribution in [0.2, 0.25) is 10.0 Å². The first-order valence-corrected chi connectivity index (χ1v) is 9.02. The molecule has 2 aromatic carbocycles. The first kappa shape index (κ1) is 16.9. The minimum Gasteiger partial charge on any atom is -0.338 e. The van der Waals surface area contributed by atoms with Crippen molar-refractivity contribution in [3.05, 3.63) is 64.5 Å². The van der Waals surface area contributed by atoms with Crippen LogP contribution >= 0.6 is 23.2 Å². The molecule has 0 aliphatic heterocycles. The third kappa shape index (κ3) is 3.93. The number of hydrogen-bond donors (Lipinski definition) is 1. The zero-order valence-electron chi connectivity index (χ0n) is 12.1. The lowest BCUT2D eigenvalue weighted by molar-refractivity contribution is 0.376. The van der Waals surface area contributed by atoms with E-state index in [1.54, 1.807) is 36.4 Å². The molecule has 1 aromatic heterocycles. The SMILES string of the molecule is O=S(=O)(NCc1nc(-c2ccc(Cl)cc2)no1)c1cccc(Cl)c1. The maximum Gasteiger partial charge on any atom is 0.242 e. The molecule has 3 rings (SSSR count). The highest BCUT2D eigenvalue weighted by molar-refractivity contribution is 7.89. The Bertz CT molecular complexity index is 956. The number of rotatable bonds is 5. The molecule has 0 bridgehead atoms. The van der Waals surface area contributed by atoms with Crippen molar-refractivity contribution < 1.29 is 12.9 Å². The molecule has 0 aliphatic carbocycles. The Morgan fingerprint density at radius 2 is 1.79 bits per heavy atom. The van der Waals surface area contributed by atoms with E-state index < -0.39 is 10.0 Å². The fraction of sp³-hybridized carbons (Fsp3) is 0.0667. The van der Waals surface area contributed by atoms with E-state index in [2.05, 4.69) is 14.9 Å². The molecule has 0 aliphatic rings. The number of nitrogens with one attached hydrogen (secondary N) is 1. The van der Waals surface area contributed by atoms with Crippen molar-refractivity contribution in [1.29, 1.82) is 0 Å². The van der Waals surface area contributed by atoms with Gasteiger partial charge in [-0.05, 0) is 42.5 Å². The molecule has 0 saturated heterocycles. The van der Waals surface area contributed by atoms with Crippen LogP contribution in [0.15, 0.2) is 57.9 Å². The normalized spacial score (nSPS) is 11.6. The van der Waals surface area contributed by atoms with E-state index in [-0.39, 0.29) is 17.3 Å². The number of benzene rings is 2. The molecule has 3 aromatic rings. The second kappa shape index (κ2) is 6.90. The number of hydrogen-bond acceptors (Lipinski definition) is 5. The van der Waals surface area contributed by atoms with Gasteiger partial charge in [-0.1, -0.05) is 34.4 Å². The second-order valence-electron chi connectivity index (χ2n) is 4.80. The minimum absolute atomic E-state index is 0.0624. The molecule has 124 valence electrons. The van der Waals surface area contributed by atoms with Crippen LogP contribution in [0, 0.1) is 0 Å². The molecular weight excluding hydrogens is 373 g/mol. The highest BCUT2D eigenvalue weighted by Gasteiger charge is 2.16. The van der Waals surface area contributed by atoms with E-state index in [1.807, 2.05) is 0 Å². The lowest BCUT2D eigenvalue weighted by atomic mass is 10.2. The van der Waals surface area contributed by atoms with Crippen molar-refractivity contribution >= 4 is 33.2 Å². The number of nitrogens with zero attached hydrogens (tertiary/aromatic N) is 2. The van der Waals surface area contributed by atoms with Crippen molar-refractivity contribution in [1.82, 2.24) is 14.9 Å². The van der Waals surface area contributed by atoms with Gasteiger partial charge in [0, 0.05) is 15.6 Å². The van der Waals surface area contributed by atoms with E-state index in [1.165, 1.54) is 12.1 Å². The summed E-state index contributed by atoms with van der Waals surface area (Å²) in [5.74, 6) is 0.495. The van der Waals surface area contributed by atoms with Gasteiger partial charge in [0.2, 0.25) is 21.7 Å². The van der Waals surface area contributed by atoms with Crippen LogP contribution in [0.3, 0.4) is 0 Å². The molecular formula is C15H11Cl2N3O3S. The Hall–Kier alpha value is -1.93. The second-order valence-corrected chi connectivity index (χ2v) is 7.44. The summed E-state index contributed by atoms with van der Waals surface area (Å²) in [6.45, 7) is -0.130. The van der Waals surface area contributed by atoms with Crippen LogP contribution in [-0.4, -0.2) is 18.6 Å². The van der Waals surface area contributed by atoms with Crippen molar-refractivity contribution in [2.45, 2.75) is 11.4 Å². The Labute approximate surface area is 148 Å². The highest BCUT2D eigenvalue weighted by atomic mass is 35.5. The molecule has 0 amide bonds. The predicted molar refractivity (Wildman–Crippen MR) is 90.2 cm³/mol. The summed E-state index contributed by atoms with van der Waals surface area (Å²) in [5.41, 5.74) is 0.715. The van der Waals surface area contributed by atoms with Crippen LogP contribution in [0.5, 0.6) is 0 Å². The van der Waals surface area contributed by atoms with Crippen LogP contribution in [0.25, 0.3) is 11.4 Å². The quantitative estimate of drug-likeness (QED) is 0.728. The molecule has 0 fully saturated rings. The van der Waals surface area contributed by atoms with E-state index in [0.29, 0.717) is 21.4 Å². The Morgan fingerprint density at radius 3 is 2.50 bits per heavy atom. The number of sulfonamides is 1. The summed E-state index contributed by atoms with van der Waals surface area (Å²) in [5, 5.41) is 4.75. The van der Waals surface area contributed by atoms with Gasteiger partial charge in [-0.2, -0.15) is 4.98 Å². The molecule has 0 atom stereocenters. The monoisotopic (exact) mass is 383 g/mol. The first-order valence-electron chi connectivity index (χ1n) is 6.78. The lowest BCUT2D eigenvalue weighted by Crippen LogP contribution is -2.23. The first-order chi connectivity index (χ1) is 11.4. The van der Waals surface area contributed by atoms with Gasteiger partial charge >= 0.3 is 0 Å². The molecule has 0 spiro atoms. The largest absolute Gasteiger partial charge is 0.338 e. The van der Waals surface area contributed by atoms with Gasteiger partial charge in [-0.25, -0.2) is 13.1 Å². The molecule has 0 unspecified atom stereocenters. The highest BCUT2D eigenvalue weighted by Crippen LogP contribution is 2.19. The Kier molecular flexibility index (Phi) is 4.86. The van der Waals surface area contributed by atoms with Gasteiger partial charge < -0.3 is 4.52 Å². The van der Waals surface area contributed by atoms with Gasteiger partial charge in [-0.3, -0.25) is 0 Å². The minimum atomic E-state index is -3.72. The fourth-order valence-corrected chi connectivity index (χ4v) is 3.32. The average Bonchev–Trinajstić information content (AvgIpc) is 3.03. The lowest BCUT2D eigenvalue weighted by Gasteiger charge is -2.04. The molecule has 1 heterocycles. The van der Waals surface area contributed by atoms with Crippen LogP contribution in [-0.2, 0) is 16.6 Å². The molecule has 1 N–H and O–H groups in total. The molecule has 24 heavy (non-hydrogen) atoms. The van der Waals surface area contributed by atoms with Crippen LogP contribution < -0.4 is 4.72 Å². The standard InChI is InChI=1S/C15H11Cl2N3O3S/c16-11-6-4-10(5-7-11)15-19-14(23-20-15)9-18-24(21,22)13-3-1-2-12(17)8-13/h1-8,18H,9H2. The smallest absolute Gasteiger partial charge is 0.242 e. The van der Waals surface area contributed by atoms with Crippen molar-refractivity contribution in [3.63, 3.8) is 0 Å². The molecule has 6 nitrogen and oxygen atoms in total. The fourth-order valence-electron chi connectivity index (χ4n) is 1.92. The Morgan fingerprint density at radius 1 is 1.04 bits per heavy atom. The van der Waals surface area contributed by atoms with E-state index in [9.17, 15) is 8.42 Å². The summed E-state index contributed by atoms with van der Waals surface area (Å²) in [6.07, 6.45) is 0. The van der Waals surface area contributed by atoms with Gasteiger partial charge in [0.1, 0.15) is 0 Å². The summed E-state index contributed by atoms with van der Waals surface area (Å²) in [7, 11) is -3.72. The number of aromatic nitrogens is 2. The average molecular weight is 384 g/mol. The van der Waals surface area contributed by atoms with Crippen molar-refractivity contribution in [3.8, 4) is 11.4 Å². The summed E-state index contributed by atoms with van der Waals surface area (Å²) in [4.78, 5) is 4.21. The van der Waals surface area contributed by atoms with Gasteiger partial charge in [0.15, 0.2) is 0 Å². The topological polar surface area (TPSA) is 85.1 Å². The molecule has 0 saturated carbocycles. The maximum absolute atomic E-state index is 12.2. The van der Waals surface area contributed by atoms with Gasteiger partial charge in [0.25, 0.3) is 0 Å². The maximum atomic E-state index is 12.2. The van der Waals surface area contributed by atoms with Crippen LogP contribution in [0.4, 0.5) is 0 Å². The van der Waals surface area contributed by atoms with Crippen molar-refractivity contribution in [2.24, 2.45) is 0 Å². The third-order valence-corrected chi connectivity index (χ3v) is 4.98. The van der Waals surface area contributed by atoms with E-state index in [4.69, 9.17) is 27.7 Å². The summed E-state index contributed by atoms with van der Waals surface area (Å²) < 4.78 is 31.8. The number of halogens is 2. The molecule has 0 radical (unpaired) electrons. The molecule has 9 heteroatoms. The Balaban J connectivity index is 1.72. The van der Waals surface area contributed by atoms with E-state index in [0.717, 1.165) is 0 Å². The summed E-state index contributed by atoms with van der Waals surface area (Å²) in [6, 6.07) is 12.8. The van der Waals surface area contributed by atoms with Gasteiger partial charge in [-0.15, -0.1) is 0 Å². The predicted octanol–water partition coefficient (Wildman–Crippen LogP) is 3.52. The van der Waals surface area contributed by atoms with E-state index >= 15 is 0 Å². The third-order valence-electron chi connectivity index (χ3n) is 3.09. The summed E-state index contributed by atoms with van der Waals surface area (Å²) >= 11 is 11.6.